The highest BCUT2D eigenvalue weighted by molar-refractivity contribution is 6.06. The number of nitrogens with zero attached hydrogens (tertiary/aromatic N) is 2. The number of likely N-dealkylation sites (N-methyl/N-ethyl adjacent to an activating group) is 1. The second kappa shape index (κ2) is 9.13. The molecule has 1 N–H and O–H groups in total. The summed E-state index contributed by atoms with van der Waals surface area (Å²) in [6.45, 7) is 6.51. The standard InChI is InChI=1S/C22H24F3N3O/c1-2-27-12-14-28(15-13-27)20-11-7-6-10-19(20)26-21(29)16-18(22(23,24)25)17-8-4-3-5-9-17/h3-11,16H,2,12-15H2,1H3,(H,26,29)/b18-16-. The van der Waals surface area contributed by atoms with Crippen LogP contribution in [0.1, 0.15) is 12.5 Å². The number of amides is 1. The van der Waals surface area contributed by atoms with E-state index in [2.05, 4.69) is 22.0 Å². The van der Waals surface area contributed by atoms with Gasteiger partial charge in [0.05, 0.1) is 16.9 Å². The van der Waals surface area contributed by atoms with Crippen molar-refractivity contribution in [1.29, 1.82) is 0 Å². The maximum atomic E-state index is 13.5. The van der Waals surface area contributed by atoms with Gasteiger partial charge >= 0.3 is 6.18 Å². The van der Waals surface area contributed by atoms with Crippen molar-refractivity contribution < 1.29 is 18.0 Å². The molecule has 7 heteroatoms. The molecule has 4 nitrogen and oxygen atoms in total. The number of allylic oxidation sites excluding steroid dienone is 1. The number of para-hydroxylation sites is 2. The number of alkyl halides is 3. The first-order valence-electron chi connectivity index (χ1n) is 9.60. The maximum absolute atomic E-state index is 13.5. The molecule has 1 amide bonds. The van der Waals surface area contributed by atoms with Crippen LogP contribution in [0, 0.1) is 0 Å². The Morgan fingerprint density at radius 2 is 1.62 bits per heavy atom. The molecule has 0 atom stereocenters. The molecule has 0 radical (unpaired) electrons. The van der Waals surface area contributed by atoms with Gasteiger partial charge in [-0.25, -0.2) is 0 Å². The van der Waals surface area contributed by atoms with E-state index in [1.807, 2.05) is 12.1 Å². The SMILES string of the molecule is CCN1CCN(c2ccccc2NC(=O)/C=C(/c2ccccc2)C(F)(F)F)CC1. The number of carbonyl (C=O) groups is 1. The molecule has 154 valence electrons. The van der Waals surface area contributed by atoms with Crippen molar-refractivity contribution >= 4 is 22.9 Å². The van der Waals surface area contributed by atoms with Crippen LogP contribution in [0.25, 0.3) is 5.57 Å². The summed E-state index contributed by atoms with van der Waals surface area (Å²) in [6, 6.07) is 14.5. The molecular weight excluding hydrogens is 379 g/mol. The molecule has 2 aromatic rings. The molecule has 1 fully saturated rings. The lowest BCUT2D eigenvalue weighted by atomic mass is 10.1. The van der Waals surface area contributed by atoms with Gasteiger partial charge in [-0.2, -0.15) is 13.2 Å². The van der Waals surface area contributed by atoms with Crippen LogP contribution < -0.4 is 10.2 Å². The number of benzene rings is 2. The number of piperazine rings is 1. The van der Waals surface area contributed by atoms with Gasteiger partial charge in [0.15, 0.2) is 0 Å². The highest BCUT2D eigenvalue weighted by Gasteiger charge is 2.35. The minimum atomic E-state index is -4.63. The zero-order valence-electron chi connectivity index (χ0n) is 16.2. The third-order valence-corrected chi connectivity index (χ3v) is 4.99. The quantitative estimate of drug-likeness (QED) is 0.751. The molecule has 1 aliphatic heterocycles. The lowest BCUT2D eigenvalue weighted by Crippen LogP contribution is -2.46. The molecule has 1 heterocycles. The summed E-state index contributed by atoms with van der Waals surface area (Å²) in [6.07, 6.45) is -4.00. The van der Waals surface area contributed by atoms with Crippen LogP contribution in [0.5, 0.6) is 0 Å². The van der Waals surface area contributed by atoms with Crippen LogP contribution in [-0.4, -0.2) is 49.7 Å². The predicted molar refractivity (Wildman–Crippen MR) is 110 cm³/mol. The fourth-order valence-corrected chi connectivity index (χ4v) is 3.41. The minimum Gasteiger partial charge on any atom is -0.367 e. The van der Waals surface area contributed by atoms with Gasteiger partial charge in [0.1, 0.15) is 0 Å². The third-order valence-electron chi connectivity index (χ3n) is 4.99. The van der Waals surface area contributed by atoms with Crippen molar-refractivity contribution in [3.8, 4) is 0 Å². The number of halogens is 3. The number of hydrogen-bond acceptors (Lipinski definition) is 3. The molecule has 0 aliphatic carbocycles. The lowest BCUT2D eigenvalue weighted by Gasteiger charge is -2.36. The van der Waals surface area contributed by atoms with Gasteiger partial charge in [-0.1, -0.05) is 49.4 Å². The summed E-state index contributed by atoms with van der Waals surface area (Å²) in [5.41, 5.74) is 0.315. The van der Waals surface area contributed by atoms with Crippen molar-refractivity contribution in [2.45, 2.75) is 13.1 Å². The summed E-state index contributed by atoms with van der Waals surface area (Å²) >= 11 is 0. The minimum absolute atomic E-state index is 0.0425. The number of rotatable bonds is 5. The van der Waals surface area contributed by atoms with E-state index in [4.69, 9.17) is 0 Å². The maximum Gasteiger partial charge on any atom is 0.417 e. The van der Waals surface area contributed by atoms with E-state index >= 15 is 0 Å². The Labute approximate surface area is 168 Å². The Morgan fingerprint density at radius 1 is 1.00 bits per heavy atom. The highest BCUT2D eigenvalue weighted by atomic mass is 19.4. The Hall–Kier alpha value is -2.80. The molecule has 0 aromatic heterocycles. The Balaban J connectivity index is 1.81. The molecule has 0 spiro atoms. The molecule has 2 aromatic carbocycles. The molecule has 0 bridgehead atoms. The largest absolute Gasteiger partial charge is 0.417 e. The van der Waals surface area contributed by atoms with Gasteiger partial charge in [-0.3, -0.25) is 4.79 Å². The normalized spacial score (nSPS) is 16.0. The Bertz CT molecular complexity index is 857. The van der Waals surface area contributed by atoms with Gasteiger partial charge in [-0.15, -0.1) is 0 Å². The number of nitrogens with one attached hydrogen (secondary N) is 1. The first-order valence-corrected chi connectivity index (χ1v) is 9.60. The van der Waals surface area contributed by atoms with E-state index in [0.717, 1.165) is 38.4 Å². The summed E-state index contributed by atoms with van der Waals surface area (Å²) < 4.78 is 40.5. The number of anilines is 2. The van der Waals surface area contributed by atoms with Gasteiger partial charge in [0.2, 0.25) is 5.91 Å². The van der Waals surface area contributed by atoms with Crippen molar-refractivity contribution in [2.24, 2.45) is 0 Å². The van der Waals surface area contributed by atoms with Crippen LogP contribution in [0.2, 0.25) is 0 Å². The van der Waals surface area contributed by atoms with Crippen molar-refractivity contribution in [1.82, 2.24) is 4.90 Å². The zero-order chi connectivity index (χ0) is 20.9. The average molecular weight is 403 g/mol. The number of hydrogen-bond donors (Lipinski definition) is 1. The van der Waals surface area contributed by atoms with Crippen molar-refractivity contribution in [2.75, 3.05) is 42.9 Å². The first kappa shape index (κ1) is 20.9. The van der Waals surface area contributed by atoms with E-state index in [9.17, 15) is 18.0 Å². The van der Waals surface area contributed by atoms with Crippen LogP contribution in [0.3, 0.4) is 0 Å². The topological polar surface area (TPSA) is 35.6 Å². The zero-order valence-corrected chi connectivity index (χ0v) is 16.2. The monoisotopic (exact) mass is 403 g/mol. The predicted octanol–water partition coefficient (Wildman–Crippen LogP) is 4.41. The second-order valence-electron chi connectivity index (χ2n) is 6.85. The van der Waals surface area contributed by atoms with Gasteiger partial charge in [0, 0.05) is 32.3 Å². The molecule has 1 aliphatic rings. The Morgan fingerprint density at radius 3 is 2.24 bits per heavy atom. The Kier molecular flexibility index (Phi) is 6.59. The van der Waals surface area contributed by atoms with E-state index in [-0.39, 0.29) is 5.56 Å². The highest BCUT2D eigenvalue weighted by Crippen LogP contribution is 2.34. The number of carbonyl (C=O) groups excluding carboxylic acids is 1. The summed E-state index contributed by atoms with van der Waals surface area (Å²) in [7, 11) is 0. The molecule has 29 heavy (non-hydrogen) atoms. The third kappa shape index (κ3) is 5.38. The van der Waals surface area contributed by atoms with Crippen LogP contribution in [0.4, 0.5) is 24.5 Å². The van der Waals surface area contributed by atoms with Gasteiger partial charge < -0.3 is 15.1 Å². The fourth-order valence-electron chi connectivity index (χ4n) is 3.41. The van der Waals surface area contributed by atoms with Crippen molar-refractivity contribution in [3.63, 3.8) is 0 Å². The summed E-state index contributed by atoms with van der Waals surface area (Å²) in [5.74, 6) is -0.805. The van der Waals surface area contributed by atoms with Crippen LogP contribution >= 0.6 is 0 Å². The van der Waals surface area contributed by atoms with Gasteiger partial charge in [-0.05, 0) is 24.2 Å². The molecule has 3 rings (SSSR count). The molecule has 0 unspecified atom stereocenters. The van der Waals surface area contributed by atoms with E-state index in [0.29, 0.717) is 11.8 Å². The van der Waals surface area contributed by atoms with Gasteiger partial charge in [0.25, 0.3) is 0 Å². The van der Waals surface area contributed by atoms with E-state index < -0.39 is 17.7 Å². The van der Waals surface area contributed by atoms with Crippen molar-refractivity contribution in [3.05, 3.63) is 66.2 Å². The van der Waals surface area contributed by atoms with Crippen LogP contribution in [0.15, 0.2) is 60.7 Å². The smallest absolute Gasteiger partial charge is 0.367 e. The summed E-state index contributed by atoms with van der Waals surface area (Å²) in [5, 5.41) is 2.63. The van der Waals surface area contributed by atoms with E-state index in [1.54, 1.807) is 18.2 Å². The fraction of sp³-hybridized carbons (Fsp3) is 0.318. The van der Waals surface area contributed by atoms with E-state index in [1.165, 1.54) is 24.3 Å². The second-order valence-corrected chi connectivity index (χ2v) is 6.85. The van der Waals surface area contributed by atoms with Crippen LogP contribution in [-0.2, 0) is 4.79 Å². The lowest BCUT2D eigenvalue weighted by molar-refractivity contribution is -0.112. The molecule has 1 saturated heterocycles. The average Bonchev–Trinajstić information content (AvgIpc) is 2.72. The molecule has 0 saturated carbocycles. The molecular formula is C22H24F3N3O. The summed E-state index contributed by atoms with van der Waals surface area (Å²) in [4.78, 5) is 16.9. The first-order chi connectivity index (χ1) is 13.9.